The Morgan fingerprint density at radius 3 is 2.71 bits per heavy atom. The monoisotopic (exact) mass is 288 g/mol. The highest BCUT2D eigenvalue weighted by atomic mass is 16.5. The lowest BCUT2D eigenvalue weighted by Crippen LogP contribution is -2.17. The van der Waals surface area contributed by atoms with Crippen molar-refractivity contribution in [1.82, 2.24) is 4.90 Å². The Kier molecular flexibility index (Phi) is 7.23. The van der Waals surface area contributed by atoms with Crippen molar-refractivity contribution in [2.24, 2.45) is 4.99 Å². The van der Waals surface area contributed by atoms with Crippen LogP contribution in [0.3, 0.4) is 0 Å². The fourth-order valence-electron chi connectivity index (χ4n) is 1.83. The molecule has 0 aliphatic heterocycles. The van der Waals surface area contributed by atoms with E-state index in [1.165, 1.54) is 18.2 Å². The molecule has 1 rings (SSSR count). The summed E-state index contributed by atoms with van der Waals surface area (Å²) in [4.78, 5) is 17.8. The molecule has 0 bridgehead atoms. The standard InChI is InChI=1S/C17H24N2O2/c1-5-6-11-16(17(20)21-4)18-13-19(3)12-15-10-8-7-9-14(15)2/h7-11,13H,5-6,12H2,1-4H3/b16-11+,18-13-. The topological polar surface area (TPSA) is 41.9 Å². The molecule has 0 radical (unpaired) electrons. The number of carbonyl (C=O) groups is 1. The van der Waals surface area contributed by atoms with Gasteiger partial charge in [0.05, 0.1) is 13.4 Å². The number of aliphatic imine (C=N–C) groups is 1. The van der Waals surface area contributed by atoms with E-state index in [2.05, 4.69) is 31.0 Å². The summed E-state index contributed by atoms with van der Waals surface area (Å²) in [5.41, 5.74) is 2.84. The largest absolute Gasteiger partial charge is 0.464 e. The van der Waals surface area contributed by atoms with Crippen LogP contribution in [0.4, 0.5) is 0 Å². The molecule has 0 heterocycles. The highest BCUT2D eigenvalue weighted by Gasteiger charge is 2.07. The van der Waals surface area contributed by atoms with Crippen LogP contribution >= 0.6 is 0 Å². The number of unbranched alkanes of at least 4 members (excludes halogenated alkanes) is 1. The summed E-state index contributed by atoms with van der Waals surface area (Å²) in [5.74, 6) is -0.399. The lowest BCUT2D eigenvalue weighted by atomic mass is 10.1. The number of esters is 1. The molecule has 0 fully saturated rings. The van der Waals surface area contributed by atoms with E-state index < -0.39 is 5.97 Å². The number of hydrogen-bond donors (Lipinski definition) is 0. The van der Waals surface area contributed by atoms with Gasteiger partial charge in [0.25, 0.3) is 0 Å². The van der Waals surface area contributed by atoms with Crippen LogP contribution in [0, 0.1) is 6.92 Å². The van der Waals surface area contributed by atoms with Crippen LogP contribution in [0.1, 0.15) is 30.9 Å². The smallest absolute Gasteiger partial charge is 0.356 e. The second-order valence-corrected chi connectivity index (χ2v) is 4.96. The molecule has 114 valence electrons. The van der Waals surface area contributed by atoms with E-state index in [-0.39, 0.29) is 0 Å². The Hall–Kier alpha value is -2.10. The van der Waals surface area contributed by atoms with Crippen molar-refractivity contribution in [2.75, 3.05) is 14.2 Å². The number of aryl methyl sites for hydroxylation is 1. The van der Waals surface area contributed by atoms with Gasteiger partial charge in [-0.15, -0.1) is 0 Å². The molecule has 0 amide bonds. The average Bonchev–Trinajstić information content (AvgIpc) is 2.49. The molecular weight excluding hydrogens is 264 g/mol. The SMILES string of the molecule is CCC/C=C(/N=C\N(C)Cc1ccccc1C)C(=O)OC. The zero-order chi connectivity index (χ0) is 15.7. The Morgan fingerprint density at radius 1 is 1.38 bits per heavy atom. The minimum Gasteiger partial charge on any atom is -0.464 e. The number of allylic oxidation sites excluding steroid dienone is 1. The Bertz CT molecular complexity index is 521. The molecular formula is C17H24N2O2. The van der Waals surface area contributed by atoms with Crippen LogP contribution in [0.25, 0.3) is 0 Å². The fourth-order valence-corrected chi connectivity index (χ4v) is 1.83. The predicted octanol–water partition coefficient (Wildman–Crippen LogP) is 3.31. The maximum absolute atomic E-state index is 11.6. The van der Waals surface area contributed by atoms with Gasteiger partial charge in [-0.1, -0.05) is 43.7 Å². The molecule has 0 saturated heterocycles. The molecule has 0 aliphatic rings. The van der Waals surface area contributed by atoms with Crippen molar-refractivity contribution >= 4 is 12.3 Å². The second kappa shape index (κ2) is 8.95. The second-order valence-electron chi connectivity index (χ2n) is 4.96. The molecule has 0 aromatic heterocycles. The molecule has 0 N–H and O–H groups in total. The van der Waals surface area contributed by atoms with Crippen LogP contribution in [0.2, 0.25) is 0 Å². The lowest BCUT2D eigenvalue weighted by Gasteiger charge is -2.15. The molecule has 21 heavy (non-hydrogen) atoms. The minimum atomic E-state index is -0.399. The number of benzene rings is 1. The zero-order valence-corrected chi connectivity index (χ0v) is 13.3. The zero-order valence-electron chi connectivity index (χ0n) is 13.3. The van der Waals surface area contributed by atoms with Crippen molar-refractivity contribution in [3.05, 3.63) is 47.2 Å². The van der Waals surface area contributed by atoms with Gasteiger partial charge in [0.15, 0.2) is 0 Å². The van der Waals surface area contributed by atoms with Gasteiger partial charge in [0.2, 0.25) is 0 Å². The molecule has 4 nitrogen and oxygen atoms in total. The van der Waals surface area contributed by atoms with Gasteiger partial charge < -0.3 is 9.64 Å². The molecule has 0 saturated carbocycles. The Labute approximate surface area is 127 Å². The van der Waals surface area contributed by atoms with E-state index in [4.69, 9.17) is 4.74 Å². The van der Waals surface area contributed by atoms with Gasteiger partial charge in [-0.05, 0) is 24.5 Å². The first-order valence-electron chi connectivity index (χ1n) is 7.15. The number of nitrogens with zero attached hydrogens (tertiary/aromatic N) is 2. The van der Waals surface area contributed by atoms with Gasteiger partial charge in [0, 0.05) is 13.6 Å². The average molecular weight is 288 g/mol. The van der Waals surface area contributed by atoms with Crippen molar-refractivity contribution in [2.45, 2.75) is 33.2 Å². The van der Waals surface area contributed by atoms with Gasteiger partial charge in [-0.3, -0.25) is 0 Å². The maximum atomic E-state index is 11.6. The molecule has 1 aromatic rings. The van der Waals surface area contributed by atoms with Gasteiger partial charge in [-0.2, -0.15) is 0 Å². The first-order valence-corrected chi connectivity index (χ1v) is 7.15. The van der Waals surface area contributed by atoms with Gasteiger partial charge in [-0.25, -0.2) is 9.79 Å². The number of rotatable bonds is 7. The summed E-state index contributed by atoms with van der Waals surface area (Å²) in [6, 6.07) is 8.22. The molecule has 0 spiro atoms. The Morgan fingerprint density at radius 2 is 2.10 bits per heavy atom. The van der Waals surface area contributed by atoms with E-state index in [0.717, 1.165) is 19.4 Å². The van der Waals surface area contributed by atoms with E-state index in [0.29, 0.717) is 5.70 Å². The summed E-state index contributed by atoms with van der Waals surface area (Å²) in [6.45, 7) is 4.89. The van der Waals surface area contributed by atoms with Crippen molar-refractivity contribution < 1.29 is 9.53 Å². The fraction of sp³-hybridized carbons (Fsp3) is 0.412. The third-order valence-corrected chi connectivity index (χ3v) is 3.10. The summed E-state index contributed by atoms with van der Waals surface area (Å²) < 4.78 is 4.74. The number of carbonyl (C=O) groups excluding carboxylic acids is 1. The summed E-state index contributed by atoms with van der Waals surface area (Å²) in [6.07, 6.45) is 5.26. The van der Waals surface area contributed by atoms with E-state index in [1.807, 2.05) is 30.2 Å². The molecule has 4 heteroatoms. The normalized spacial score (nSPS) is 11.7. The highest BCUT2D eigenvalue weighted by Crippen LogP contribution is 2.09. The summed E-state index contributed by atoms with van der Waals surface area (Å²) in [7, 11) is 3.30. The molecule has 0 atom stereocenters. The van der Waals surface area contributed by atoms with E-state index in [9.17, 15) is 4.79 Å². The van der Waals surface area contributed by atoms with Crippen LogP contribution < -0.4 is 0 Å². The quantitative estimate of drug-likeness (QED) is 0.334. The third-order valence-electron chi connectivity index (χ3n) is 3.10. The first kappa shape index (κ1) is 17.0. The van der Waals surface area contributed by atoms with Crippen LogP contribution in [0.15, 0.2) is 41.0 Å². The summed E-state index contributed by atoms with van der Waals surface area (Å²) >= 11 is 0. The van der Waals surface area contributed by atoms with Crippen molar-refractivity contribution in [1.29, 1.82) is 0 Å². The van der Waals surface area contributed by atoms with Gasteiger partial charge >= 0.3 is 5.97 Å². The van der Waals surface area contributed by atoms with Crippen molar-refractivity contribution in [3.63, 3.8) is 0 Å². The first-order chi connectivity index (χ1) is 10.1. The van der Waals surface area contributed by atoms with E-state index >= 15 is 0 Å². The van der Waals surface area contributed by atoms with Crippen LogP contribution in [-0.2, 0) is 16.1 Å². The molecule has 0 unspecified atom stereocenters. The minimum absolute atomic E-state index is 0.357. The molecule has 0 aliphatic carbocycles. The summed E-state index contributed by atoms with van der Waals surface area (Å²) in [5, 5.41) is 0. The molecule has 1 aromatic carbocycles. The van der Waals surface area contributed by atoms with E-state index in [1.54, 1.807) is 6.34 Å². The predicted molar refractivity (Wildman–Crippen MR) is 86.1 cm³/mol. The highest BCUT2D eigenvalue weighted by molar-refractivity contribution is 5.89. The number of hydrogen-bond acceptors (Lipinski definition) is 3. The number of methoxy groups -OCH3 is 1. The number of ether oxygens (including phenoxy) is 1. The lowest BCUT2D eigenvalue weighted by molar-refractivity contribution is -0.136. The van der Waals surface area contributed by atoms with Crippen LogP contribution in [-0.4, -0.2) is 31.4 Å². The third kappa shape index (κ3) is 5.81. The Balaban J connectivity index is 2.72. The maximum Gasteiger partial charge on any atom is 0.356 e. The van der Waals surface area contributed by atoms with Gasteiger partial charge in [0.1, 0.15) is 5.70 Å². The van der Waals surface area contributed by atoms with Crippen molar-refractivity contribution in [3.8, 4) is 0 Å². The van der Waals surface area contributed by atoms with Crippen LogP contribution in [0.5, 0.6) is 0 Å².